The van der Waals surface area contributed by atoms with Gasteiger partial charge in [-0.25, -0.2) is 4.79 Å². The standard InChI is InChI=1S/C11H10Cl2O3/c1-3-8(14)9-7(12)5-4-6(10(9)13)11(15)16-2/h4-5H,3H2,1-2H3. The Morgan fingerprint density at radius 2 is 1.94 bits per heavy atom. The van der Waals surface area contributed by atoms with Crippen LogP contribution < -0.4 is 0 Å². The molecule has 0 aliphatic rings. The van der Waals surface area contributed by atoms with Gasteiger partial charge in [0.15, 0.2) is 5.78 Å². The molecule has 0 aliphatic carbocycles. The molecule has 16 heavy (non-hydrogen) atoms. The van der Waals surface area contributed by atoms with Crippen LogP contribution in [0, 0.1) is 0 Å². The van der Waals surface area contributed by atoms with E-state index >= 15 is 0 Å². The average molecular weight is 261 g/mol. The van der Waals surface area contributed by atoms with E-state index in [0.717, 1.165) is 0 Å². The summed E-state index contributed by atoms with van der Waals surface area (Å²) in [7, 11) is 1.24. The van der Waals surface area contributed by atoms with Crippen LogP contribution in [0.1, 0.15) is 34.1 Å². The molecule has 0 amide bonds. The molecule has 3 nitrogen and oxygen atoms in total. The van der Waals surface area contributed by atoms with Crippen molar-refractivity contribution in [3.8, 4) is 0 Å². The molecule has 0 saturated heterocycles. The lowest BCUT2D eigenvalue weighted by molar-refractivity contribution is 0.0601. The van der Waals surface area contributed by atoms with Crippen LogP contribution in [0.2, 0.25) is 10.0 Å². The van der Waals surface area contributed by atoms with Crippen molar-refractivity contribution in [2.75, 3.05) is 7.11 Å². The Kier molecular flexibility index (Phi) is 4.33. The molecule has 0 spiro atoms. The van der Waals surface area contributed by atoms with E-state index in [1.807, 2.05) is 0 Å². The number of ketones is 1. The highest BCUT2D eigenvalue weighted by Crippen LogP contribution is 2.29. The second kappa shape index (κ2) is 5.32. The maximum atomic E-state index is 11.6. The van der Waals surface area contributed by atoms with Gasteiger partial charge in [-0.05, 0) is 12.1 Å². The van der Waals surface area contributed by atoms with E-state index in [2.05, 4.69) is 4.74 Å². The molecule has 0 atom stereocenters. The van der Waals surface area contributed by atoms with E-state index in [0.29, 0.717) is 0 Å². The minimum absolute atomic E-state index is 0.0474. The van der Waals surface area contributed by atoms with Gasteiger partial charge >= 0.3 is 5.97 Å². The number of rotatable bonds is 3. The summed E-state index contributed by atoms with van der Waals surface area (Å²) in [5.74, 6) is -0.799. The van der Waals surface area contributed by atoms with E-state index < -0.39 is 5.97 Å². The Hall–Kier alpha value is -1.06. The summed E-state index contributed by atoms with van der Waals surface area (Å²) >= 11 is 11.8. The van der Waals surface area contributed by atoms with E-state index in [1.54, 1.807) is 6.92 Å². The van der Waals surface area contributed by atoms with Crippen LogP contribution in [-0.2, 0) is 4.74 Å². The molecule has 1 aromatic rings. The quantitative estimate of drug-likeness (QED) is 0.618. The largest absolute Gasteiger partial charge is 0.465 e. The number of hydrogen-bond acceptors (Lipinski definition) is 3. The third kappa shape index (κ3) is 2.36. The minimum Gasteiger partial charge on any atom is -0.465 e. The second-order valence-electron chi connectivity index (χ2n) is 3.05. The smallest absolute Gasteiger partial charge is 0.339 e. The summed E-state index contributed by atoms with van der Waals surface area (Å²) in [6, 6.07) is 2.89. The fourth-order valence-electron chi connectivity index (χ4n) is 1.25. The Morgan fingerprint density at radius 1 is 1.31 bits per heavy atom. The van der Waals surface area contributed by atoms with Crippen LogP contribution >= 0.6 is 23.2 Å². The summed E-state index contributed by atoms with van der Waals surface area (Å²) in [6.07, 6.45) is 0.268. The highest BCUT2D eigenvalue weighted by molar-refractivity contribution is 6.41. The minimum atomic E-state index is -0.591. The molecule has 0 bridgehead atoms. The van der Waals surface area contributed by atoms with E-state index in [9.17, 15) is 9.59 Å². The summed E-state index contributed by atoms with van der Waals surface area (Å²) in [5, 5.41) is 0.288. The molecular weight excluding hydrogens is 251 g/mol. The number of Topliss-reactive ketones (excluding diaryl/α,β-unsaturated/α-hetero) is 1. The fraction of sp³-hybridized carbons (Fsp3) is 0.273. The van der Waals surface area contributed by atoms with Gasteiger partial charge in [0, 0.05) is 6.42 Å². The summed E-state index contributed by atoms with van der Waals surface area (Å²) < 4.78 is 4.55. The van der Waals surface area contributed by atoms with Crippen molar-refractivity contribution in [3.05, 3.63) is 33.3 Å². The van der Waals surface area contributed by atoms with Crippen molar-refractivity contribution in [1.29, 1.82) is 0 Å². The highest BCUT2D eigenvalue weighted by Gasteiger charge is 2.20. The molecule has 0 aromatic heterocycles. The summed E-state index contributed by atoms with van der Waals surface area (Å²) in [6.45, 7) is 1.69. The molecule has 0 aliphatic heterocycles. The lowest BCUT2D eigenvalue weighted by Gasteiger charge is -2.08. The van der Waals surface area contributed by atoms with Crippen LogP contribution in [0.5, 0.6) is 0 Å². The zero-order valence-electron chi connectivity index (χ0n) is 8.84. The lowest BCUT2D eigenvalue weighted by Crippen LogP contribution is -2.07. The number of ether oxygens (including phenoxy) is 1. The van der Waals surface area contributed by atoms with E-state index in [-0.39, 0.29) is 33.4 Å². The number of benzene rings is 1. The monoisotopic (exact) mass is 260 g/mol. The van der Waals surface area contributed by atoms with E-state index in [1.165, 1.54) is 19.2 Å². The molecule has 0 saturated carbocycles. The molecule has 0 N–H and O–H groups in total. The lowest BCUT2D eigenvalue weighted by atomic mass is 10.1. The fourth-order valence-corrected chi connectivity index (χ4v) is 1.91. The molecule has 0 heterocycles. The van der Waals surface area contributed by atoms with Crippen LogP contribution in [-0.4, -0.2) is 18.9 Å². The second-order valence-corrected chi connectivity index (χ2v) is 3.84. The number of methoxy groups -OCH3 is 1. The topological polar surface area (TPSA) is 43.4 Å². The molecule has 0 fully saturated rings. The van der Waals surface area contributed by atoms with Crippen molar-refractivity contribution in [1.82, 2.24) is 0 Å². The number of halogens is 2. The first-order valence-electron chi connectivity index (χ1n) is 4.62. The molecule has 1 rings (SSSR count). The normalized spacial score (nSPS) is 10.0. The van der Waals surface area contributed by atoms with Crippen molar-refractivity contribution < 1.29 is 14.3 Å². The third-order valence-electron chi connectivity index (χ3n) is 2.10. The zero-order chi connectivity index (χ0) is 12.3. The van der Waals surface area contributed by atoms with Crippen molar-refractivity contribution in [2.24, 2.45) is 0 Å². The summed E-state index contributed by atoms with van der Waals surface area (Å²) in [4.78, 5) is 22.9. The highest BCUT2D eigenvalue weighted by atomic mass is 35.5. The first kappa shape index (κ1) is 13.0. The molecular formula is C11H10Cl2O3. The first-order chi connectivity index (χ1) is 7.52. The molecule has 0 radical (unpaired) electrons. The van der Waals surface area contributed by atoms with Crippen molar-refractivity contribution in [3.63, 3.8) is 0 Å². The predicted octanol–water partition coefficient (Wildman–Crippen LogP) is 3.37. The molecule has 0 unspecified atom stereocenters. The van der Waals surface area contributed by atoms with Gasteiger partial charge in [-0.1, -0.05) is 30.1 Å². The number of esters is 1. The summed E-state index contributed by atoms with van der Waals surface area (Å²) in [5.41, 5.74) is 0.319. The van der Waals surface area contributed by atoms with Crippen LogP contribution in [0.25, 0.3) is 0 Å². The van der Waals surface area contributed by atoms with Gasteiger partial charge in [-0.2, -0.15) is 0 Å². The zero-order valence-corrected chi connectivity index (χ0v) is 10.4. The Labute approximate surface area is 103 Å². The third-order valence-corrected chi connectivity index (χ3v) is 2.80. The molecule has 1 aromatic carbocycles. The molecule has 86 valence electrons. The van der Waals surface area contributed by atoms with Gasteiger partial charge in [0.1, 0.15) is 0 Å². The predicted molar refractivity (Wildman–Crippen MR) is 62.4 cm³/mol. The maximum absolute atomic E-state index is 11.6. The number of hydrogen-bond donors (Lipinski definition) is 0. The van der Waals surface area contributed by atoms with Crippen molar-refractivity contribution >= 4 is 35.0 Å². The number of carbonyl (C=O) groups is 2. The Balaban J connectivity index is 3.38. The van der Waals surface area contributed by atoms with Gasteiger partial charge in [0.2, 0.25) is 0 Å². The van der Waals surface area contributed by atoms with Gasteiger partial charge in [0.05, 0.1) is 28.3 Å². The maximum Gasteiger partial charge on any atom is 0.339 e. The SMILES string of the molecule is CCC(=O)c1c(Cl)ccc(C(=O)OC)c1Cl. The molecule has 5 heteroatoms. The van der Waals surface area contributed by atoms with Gasteiger partial charge in [-0.15, -0.1) is 0 Å². The van der Waals surface area contributed by atoms with Gasteiger partial charge < -0.3 is 4.74 Å². The van der Waals surface area contributed by atoms with Gasteiger partial charge in [0.25, 0.3) is 0 Å². The first-order valence-corrected chi connectivity index (χ1v) is 5.38. The van der Waals surface area contributed by atoms with E-state index in [4.69, 9.17) is 23.2 Å². The average Bonchev–Trinajstić information content (AvgIpc) is 2.28. The van der Waals surface area contributed by atoms with Crippen LogP contribution in [0.4, 0.5) is 0 Å². The Bertz CT molecular complexity index is 441. The van der Waals surface area contributed by atoms with Crippen molar-refractivity contribution in [2.45, 2.75) is 13.3 Å². The van der Waals surface area contributed by atoms with Gasteiger partial charge in [-0.3, -0.25) is 4.79 Å². The number of carbonyl (C=O) groups excluding carboxylic acids is 2. The van der Waals surface area contributed by atoms with Crippen LogP contribution in [0.15, 0.2) is 12.1 Å². The Morgan fingerprint density at radius 3 is 2.44 bits per heavy atom. The van der Waals surface area contributed by atoms with Crippen LogP contribution in [0.3, 0.4) is 0 Å².